The maximum Gasteiger partial charge on any atom is 0.0633 e. The van der Waals surface area contributed by atoms with Crippen LogP contribution in [0, 0.1) is 23.2 Å². The van der Waals surface area contributed by atoms with Gasteiger partial charge in [0.25, 0.3) is 0 Å². The standard InChI is InChI=1S/C16H26O/c1-3-11(2)4-15(17)16-8-12-5-13(9-16)7-14(6-12)10-16/h12-15,17H,2-10H2,1H3. The Morgan fingerprint density at radius 1 is 1.18 bits per heavy atom. The number of aliphatic hydroxyl groups excluding tert-OH is 1. The maximum absolute atomic E-state index is 10.7. The predicted molar refractivity (Wildman–Crippen MR) is 70.7 cm³/mol. The quantitative estimate of drug-likeness (QED) is 0.731. The van der Waals surface area contributed by atoms with E-state index < -0.39 is 0 Å². The third kappa shape index (κ3) is 1.97. The number of rotatable bonds is 4. The van der Waals surface area contributed by atoms with Crippen LogP contribution in [0.1, 0.15) is 58.3 Å². The number of hydrogen-bond acceptors (Lipinski definition) is 1. The number of aliphatic hydroxyl groups is 1. The van der Waals surface area contributed by atoms with Gasteiger partial charge in [0.1, 0.15) is 0 Å². The second kappa shape index (κ2) is 4.12. The summed E-state index contributed by atoms with van der Waals surface area (Å²) in [5, 5.41) is 10.7. The third-order valence-corrected chi connectivity index (χ3v) is 5.77. The van der Waals surface area contributed by atoms with Crippen LogP contribution in [0.25, 0.3) is 0 Å². The molecule has 4 aliphatic rings. The van der Waals surface area contributed by atoms with Gasteiger partial charge in [-0.25, -0.2) is 0 Å². The van der Waals surface area contributed by atoms with Gasteiger partial charge in [0, 0.05) is 0 Å². The van der Waals surface area contributed by atoms with Gasteiger partial charge in [-0.2, -0.15) is 0 Å². The van der Waals surface area contributed by atoms with E-state index in [0.29, 0.717) is 0 Å². The Bertz CT molecular complexity index is 282. The average Bonchev–Trinajstić information content (AvgIpc) is 2.26. The molecule has 0 aromatic heterocycles. The third-order valence-electron chi connectivity index (χ3n) is 5.77. The molecule has 0 aromatic rings. The minimum Gasteiger partial charge on any atom is -0.392 e. The van der Waals surface area contributed by atoms with E-state index >= 15 is 0 Å². The molecule has 0 aliphatic heterocycles. The molecule has 4 aliphatic carbocycles. The highest BCUT2D eigenvalue weighted by atomic mass is 16.3. The van der Waals surface area contributed by atoms with Crippen molar-refractivity contribution in [3.8, 4) is 0 Å². The topological polar surface area (TPSA) is 20.2 Å². The summed E-state index contributed by atoms with van der Waals surface area (Å²) < 4.78 is 0. The van der Waals surface area contributed by atoms with Gasteiger partial charge < -0.3 is 5.11 Å². The van der Waals surface area contributed by atoms with Gasteiger partial charge >= 0.3 is 0 Å². The Balaban J connectivity index is 1.75. The lowest BCUT2D eigenvalue weighted by atomic mass is 9.48. The van der Waals surface area contributed by atoms with Crippen molar-refractivity contribution in [1.29, 1.82) is 0 Å². The van der Waals surface area contributed by atoms with Crippen LogP contribution >= 0.6 is 0 Å². The van der Waals surface area contributed by atoms with Crippen LogP contribution in [0.15, 0.2) is 12.2 Å². The molecule has 1 nitrogen and oxygen atoms in total. The van der Waals surface area contributed by atoms with E-state index in [1.54, 1.807) is 0 Å². The van der Waals surface area contributed by atoms with Crippen LogP contribution in [0.3, 0.4) is 0 Å². The van der Waals surface area contributed by atoms with Crippen molar-refractivity contribution in [3.05, 3.63) is 12.2 Å². The van der Waals surface area contributed by atoms with Crippen molar-refractivity contribution < 1.29 is 5.11 Å². The summed E-state index contributed by atoms with van der Waals surface area (Å²) in [7, 11) is 0. The second-order valence-electron chi connectivity index (χ2n) is 7.10. The summed E-state index contributed by atoms with van der Waals surface area (Å²) in [6.45, 7) is 6.23. The molecule has 0 spiro atoms. The Morgan fingerprint density at radius 3 is 2.06 bits per heavy atom. The summed E-state index contributed by atoms with van der Waals surface area (Å²) in [5.41, 5.74) is 1.51. The smallest absolute Gasteiger partial charge is 0.0633 e. The Kier molecular flexibility index (Phi) is 2.85. The molecule has 0 saturated heterocycles. The lowest BCUT2D eigenvalue weighted by molar-refractivity contribution is -0.119. The molecule has 0 heterocycles. The highest BCUT2D eigenvalue weighted by Crippen LogP contribution is 2.61. The lowest BCUT2D eigenvalue weighted by Crippen LogP contribution is -2.51. The maximum atomic E-state index is 10.7. The molecule has 4 bridgehead atoms. The first-order valence-electron chi connectivity index (χ1n) is 7.46. The molecule has 0 amide bonds. The van der Waals surface area contributed by atoms with Gasteiger partial charge in [-0.1, -0.05) is 19.1 Å². The Morgan fingerprint density at radius 2 is 1.65 bits per heavy atom. The molecule has 1 N–H and O–H groups in total. The first-order valence-corrected chi connectivity index (χ1v) is 7.46. The molecule has 4 fully saturated rings. The minimum absolute atomic E-state index is 0.108. The van der Waals surface area contributed by atoms with Crippen molar-refractivity contribution in [1.82, 2.24) is 0 Å². The van der Waals surface area contributed by atoms with Gasteiger partial charge in [0.15, 0.2) is 0 Å². The normalized spacial score (nSPS) is 44.9. The summed E-state index contributed by atoms with van der Waals surface area (Å²) in [6, 6.07) is 0. The van der Waals surface area contributed by atoms with Crippen molar-refractivity contribution in [2.75, 3.05) is 0 Å². The first kappa shape index (κ1) is 11.8. The molecule has 96 valence electrons. The lowest BCUT2D eigenvalue weighted by Gasteiger charge is -2.58. The minimum atomic E-state index is -0.108. The predicted octanol–water partition coefficient (Wildman–Crippen LogP) is 3.92. The average molecular weight is 234 g/mol. The van der Waals surface area contributed by atoms with E-state index in [4.69, 9.17) is 0 Å². The Hall–Kier alpha value is -0.300. The van der Waals surface area contributed by atoms with E-state index in [9.17, 15) is 5.11 Å². The zero-order chi connectivity index (χ0) is 12.0. The number of hydrogen-bond donors (Lipinski definition) is 1. The Labute approximate surface area is 105 Å². The largest absolute Gasteiger partial charge is 0.392 e. The van der Waals surface area contributed by atoms with E-state index in [0.717, 1.165) is 30.6 Å². The van der Waals surface area contributed by atoms with Crippen molar-refractivity contribution in [2.45, 2.75) is 64.4 Å². The SMILES string of the molecule is C=C(CC)CC(O)C12CC3CC(CC(C3)C1)C2. The fourth-order valence-electron chi connectivity index (χ4n) is 5.22. The first-order chi connectivity index (χ1) is 8.11. The molecule has 0 radical (unpaired) electrons. The van der Waals surface area contributed by atoms with Crippen LogP contribution in [0.2, 0.25) is 0 Å². The van der Waals surface area contributed by atoms with Gasteiger partial charge in [-0.3, -0.25) is 0 Å². The fraction of sp³-hybridized carbons (Fsp3) is 0.875. The molecule has 1 heteroatoms. The molecule has 4 saturated carbocycles. The second-order valence-corrected chi connectivity index (χ2v) is 7.10. The summed E-state index contributed by atoms with van der Waals surface area (Å²) >= 11 is 0. The van der Waals surface area contributed by atoms with Crippen molar-refractivity contribution in [3.63, 3.8) is 0 Å². The molecule has 17 heavy (non-hydrogen) atoms. The van der Waals surface area contributed by atoms with Crippen LogP contribution in [0.5, 0.6) is 0 Å². The van der Waals surface area contributed by atoms with Crippen LogP contribution in [0.4, 0.5) is 0 Å². The molecule has 1 atom stereocenters. The highest BCUT2D eigenvalue weighted by Gasteiger charge is 2.53. The van der Waals surface area contributed by atoms with Gasteiger partial charge in [0.05, 0.1) is 6.10 Å². The van der Waals surface area contributed by atoms with Crippen molar-refractivity contribution in [2.24, 2.45) is 23.2 Å². The van der Waals surface area contributed by atoms with Crippen LogP contribution in [-0.4, -0.2) is 11.2 Å². The summed E-state index contributed by atoms with van der Waals surface area (Å²) in [4.78, 5) is 0. The summed E-state index contributed by atoms with van der Waals surface area (Å²) in [6.07, 6.45) is 10.0. The van der Waals surface area contributed by atoms with E-state index in [1.807, 2.05) is 0 Å². The highest BCUT2D eigenvalue weighted by molar-refractivity contribution is 5.07. The zero-order valence-electron chi connectivity index (χ0n) is 11.1. The molecular formula is C16H26O. The summed E-state index contributed by atoms with van der Waals surface area (Å²) in [5.74, 6) is 2.81. The van der Waals surface area contributed by atoms with Gasteiger partial charge in [-0.05, 0) is 74.5 Å². The van der Waals surface area contributed by atoms with Crippen molar-refractivity contribution >= 4 is 0 Å². The fourth-order valence-corrected chi connectivity index (χ4v) is 5.22. The van der Waals surface area contributed by atoms with Crippen LogP contribution in [-0.2, 0) is 0 Å². The van der Waals surface area contributed by atoms with E-state index in [-0.39, 0.29) is 11.5 Å². The zero-order valence-corrected chi connectivity index (χ0v) is 11.1. The molecule has 0 aromatic carbocycles. The van der Waals surface area contributed by atoms with E-state index in [1.165, 1.54) is 44.1 Å². The molecule has 1 unspecified atom stereocenters. The monoisotopic (exact) mass is 234 g/mol. The molecule has 4 rings (SSSR count). The molecular weight excluding hydrogens is 208 g/mol. The van der Waals surface area contributed by atoms with E-state index in [2.05, 4.69) is 13.5 Å². The van der Waals surface area contributed by atoms with Gasteiger partial charge in [-0.15, -0.1) is 0 Å². The van der Waals surface area contributed by atoms with Crippen LogP contribution < -0.4 is 0 Å². The van der Waals surface area contributed by atoms with Gasteiger partial charge in [0.2, 0.25) is 0 Å².